The third-order valence-corrected chi connectivity index (χ3v) is 7.86. The first-order valence-electron chi connectivity index (χ1n) is 10.3. The van der Waals surface area contributed by atoms with E-state index in [1.807, 2.05) is 30.3 Å². The Balaban J connectivity index is 1.93. The van der Waals surface area contributed by atoms with Gasteiger partial charge in [-0.25, -0.2) is 9.79 Å². The Morgan fingerprint density at radius 2 is 1.94 bits per heavy atom. The molecule has 0 N–H and O–H groups in total. The molecule has 0 radical (unpaired) electrons. The predicted octanol–water partition coefficient (Wildman–Crippen LogP) is 4.75. The number of ether oxygens (including phenoxy) is 1. The average molecular weight is 531 g/mol. The molecule has 32 heavy (non-hydrogen) atoms. The number of thiazole rings is 1. The zero-order valence-corrected chi connectivity index (χ0v) is 21.4. The van der Waals surface area contributed by atoms with Gasteiger partial charge in [-0.3, -0.25) is 9.36 Å². The van der Waals surface area contributed by atoms with E-state index in [9.17, 15) is 9.59 Å². The van der Waals surface area contributed by atoms with Gasteiger partial charge in [0.2, 0.25) is 0 Å². The normalized spacial score (nSPS) is 16.3. The maximum Gasteiger partial charge on any atom is 0.338 e. The number of esters is 1. The summed E-state index contributed by atoms with van der Waals surface area (Å²) in [5.74, 6) is -0.0545. The van der Waals surface area contributed by atoms with E-state index < -0.39 is 12.0 Å². The molecule has 0 bridgehead atoms. The van der Waals surface area contributed by atoms with Crippen LogP contribution in [-0.4, -0.2) is 17.1 Å². The van der Waals surface area contributed by atoms with Gasteiger partial charge in [0, 0.05) is 4.88 Å². The highest BCUT2D eigenvalue weighted by atomic mass is 79.9. The van der Waals surface area contributed by atoms with Crippen LogP contribution in [-0.2, 0) is 9.53 Å². The molecule has 1 aliphatic rings. The minimum atomic E-state index is -0.580. The van der Waals surface area contributed by atoms with Gasteiger partial charge in [-0.1, -0.05) is 49.4 Å². The zero-order valence-electron chi connectivity index (χ0n) is 18.2. The molecule has 4 rings (SSSR count). The SMILES string of the molecule is CCOC(=O)C1=C(C)N=c2s/c(=C/c3ccc(Br)s3)c(=O)n2[C@@H]1c1ccc(C(C)C)cc1. The summed E-state index contributed by atoms with van der Waals surface area (Å²) in [6, 6.07) is 11.4. The maximum absolute atomic E-state index is 13.5. The van der Waals surface area contributed by atoms with Crippen molar-refractivity contribution < 1.29 is 9.53 Å². The van der Waals surface area contributed by atoms with Gasteiger partial charge in [0.15, 0.2) is 4.80 Å². The van der Waals surface area contributed by atoms with Crippen molar-refractivity contribution in [3.05, 3.63) is 87.1 Å². The summed E-state index contributed by atoms with van der Waals surface area (Å²) in [4.78, 5) is 32.6. The molecule has 0 saturated carbocycles. The third-order valence-electron chi connectivity index (χ3n) is 5.30. The number of thiophene rings is 1. The summed E-state index contributed by atoms with van der Waals surface area (Å²) in [7, 11) is 0. The van der Waals surface area contributed by atoms with Crippen LogP contribution in [0.2, 0.25) is 0 Å². The number of fused-ring (bicyclic) bond motifs is 1. The fourth-order valence-corrected chi connectivity index (χ4v) is 6.18. The topological polar surface area (TPSA) is 60.7 Å². The lowest BCUT2D eigenvalue weighted by molar-refractivity contribution is -0.139. The first-order valence-corrected chi connectivity index (χ1v) is 12.8. The van der Waals surface area contributed by atoms with Crippen LogP contribution in [0.25, 0.3) is 6.08 Å². The van der Waals surface area contributed by atoms with Crippen molar-refractivity contribution in [2.24, 2.45) is 4.99 Å². The van der Waals surface area contributed by atoms with Crippen LogP contribution in [0.3, 0.4) is 0 Å². The van der Waals surface area contributed by atoms with Gasteiger partial charge in [0.25, 0.3) is 5.56 Å². The standard InChI is InChI=1S/C24H23BrN2O3S2/c1-5-30-23(29)20-14(4)26-24-27(21(20)16-8-6-15(7-9-16)13(2)3)22(28)18(32-24)12-17-10-11-19(25)31-17/h6-13,21H,5H2,1-4H3/b18-12+/t21-/m1/s1. The Labute approximate surface area is 202 Å². The Morgan fingerprint density at radius 1 is 1.22 bits per heavy atom. The van der Waals surface area contributed by atoms with Crippen LogP contribution in [0.4, 0.5) is 0 Å². The summed E-state index contributed by atoms with van der Waals surface area (Å²) < 4.78 is 8.56. The highest BCUT2D eigenvalue weighted by Gasteiger charge is 2.33. The molecule has 2 aromatic heterocycles. The number of hydrogen-bond acceptors (Lipinski definition) is 6. The molecule has 3 aromatic rings. The lowest BCUT2D eigenvalue weighted by Gasteiger charge is -2.25. The summed E-state index contributed by atoms with van der Waals surface area (Å²) in [6.07, 6.45) is 1.88. The van der Waals surface area contributed by atoms with Gasteiger partial charge in [0.1, 0.15) is 0 Å². The minimum absolute atomic E-state index is 0.162. The number of nitrogens with zero attached hydrogens (tertiary/aromatic N) is 2. The third kappa shape index (κ3) is 4.31. The van der Waals surface area contributed by atoms with Crippen molar-refractivity contribution in [3.8, 4) is 0 Å². The Kier molecular flexibility index (Phi) is 6.65. The average Bonchev–Trinajstić information content (AvgIpc) is 3.30. The first-order chi connectivity index (χ1) is 15.3. The number of rotatable bonds is 5. The summed E-state index contributed by atoms with van der Waals surface area (Å²) >= 11 is 6.36. The second-order valence-electron chi connectivity index (χ2n) is 7.77. The number of carbonyl (C=O) groups excluding carboxylic acids is 1. The van der Waals surface area contributed by atoms with Crippen LogP contribution in [0.15, 0.2) is 61.2 Å². The molecule has 0 unspecified atom stereocenters. The van der Waals surface area contributed by atoms with Gasteiger partial charge in [-0.05, 0) is 65.0 Å². The van der Waals surface area contributed by atoms with E-state index in [2.05, 4.69) is 46.9 Å². The van der Waals surface area contributed by atoms with Gasteiger partial charge in [-0.2, -0.15) is 0 Å². The largest absolute Gasteiger partial charge is 0.463 e. The molecule has 166 valence electrons. The van der Waals surface area contributed by atoms with E-state index in [0.717, 1.165) is 14.2 Å². The Morgan fingerprint density at radius 3 is 2.53 bits per heavy atom. The van der Waals surface area contributed by atoms with E-state index in [-0.39, 0.29) is 12.2 Å². The number of halogens is 1. The number of hydrogen-bond donors (Lipinski definition) is 0. The van der Waals surface area contributed by atoms with Gasteiger partial charge in [0.05, 0.1) is 32.2 Å². The highest BCUT2D eigenvalue weighted by molar-refractivity contribution is 9.11. The number of aromatic nitrogens is 1. The van der Waals surface area contributed by atoms with Crippen molar-refractivity contribution in [3.63, 3.8) is 0 Å². The molecule has 1 atom stereocenters. The number of allylic oxidation sites excluding steroid dienone is 1. The quantitative estimate of drug-likeness (QED) is 0.447. The molecule has 0 saturated heterocycles. The van der Waals surface area contributed by atoms with E-state index in [1.165, 1.54) is 16.9 Å². The molecule has 5 nitrogen and oxygen atoms in total. The van der Waals surface area contributed by atoms with E-state index >= 15 is 0 Å². The minimum Gasteiger partial charge on any atom is -0.463 e. The highest BCUT2D eigenvalue weighted by Crippen LogP contribution is 2.31. The molecular weight excluding hydrogens is 508 g/mol. The second-order valence-corrected chi connectivity index (χ2v) is 11.3. The van der Waals surface area contributed by atoms with Crippen molar-refractivity contribution >= 4 is 50.6 Å². The predicted molar refractivity (Wildman–Crippen MR) is 133 cm³/mol. The Hall–Kier alpha value is -2.29. The molecule has 8 heteroatoms. The smallest absolute Gasteiger partial charge is 0.338 e. The fourth-order valence-electron chi connectivity index (χ4n) is 3.71. The van der Waals surface area contributed by atoms with E-state index in [4.69, 9.17) is 4.74 Å². The molecule has 0 fully saturated rings. The molecular formula is C24H23BrN2O3S2. The van der Waals surface area contributed by atoms with Crippen molar-refractivity contribution in [1.82, 2.24) is 4.57 Å². The van der Waals surface area contributed by atoms with Gasteiger partial charge < -0.3 is 4.74 Å². The molecule has 0 aliphatic carbocycles. The first kappa shape index (κ1) is 22.9. The molecule has 0 spiro atoms. The van der Waals surface area contributed by atoms with Gasteiger partial charge >= 0.3 is 5.97 Å². The van der Waals surface area contributed by atoms with Crippen LogP contribution in [0.1, 0.15) is 55.7 Å². The van der Waals surface area contributed by atoms with Crippen molar-refractivity contribution in [2.45, 2.75) is 39.7 Å². The summed E-state index contributed by atoms with van der Waals surface area (Å²) in [6.45, 7) is 8.10. The van der Waals surface area contributed by atoms with Crippen LogP contribution in [0.5, 0.6) is 0 Å². The summed E-state index contributed by atoms with van der Waals surface area (Å²) in [5, 5.41) is 0. The van der Waals surface area contributed by atoms with Crippen molar-refractivity contribution in [2.75, 3.05) is 6.61 Å². The molecule has 3 heterocycles. The lowest BCUT2D eigenvalue weighted by Crippen LogP contribution is -2.39. The summed E-state index contributed by atoms with van der Waals surface area (Å²) in [5.41, 5.74) is 2.88. The number of carbonyl (C=O) groups is 1. The van der Waals surface area contributed by atoms with Crippen LogP contribution >= 0.6 is 38.6 Å². The number of benzene rings is 1. The second kappa shape index (κ2) is 9.29. The fraction of sp³-hybridized carbons (Fsp3) is 0.292. The van der Waals surface area contributed by atoms with E-state index in [1.54, 1.807) is 29.8 Å². The Bertz CT molecular complexity index is 1380. The van der Waals surface area contributed by atoms with Crippen LogP contribution in [0, 0.1) is 0 Å². The molecule has 1 aromatic carbocycles. The zero-order chi connectivity index (χ0) is 23.0. The monoisotopic (exact) mass is 530 g/mol. The van der Waals surface area contributed by atoms with Gasteiger partial charge in [-0.15, -0.1) is 11.3 Å². The van der Waals surface area contributed by atoms with E-state index in [0.29, 0.717) is 26.5 Å². The molecule has 0 amide bonds. The molecule has 1 aliphatic heterocycles. The lowest BCUT2D eigenvalue weighted by atomic mass is 9.93. The maximum atomic E-state index is 13.5. The van der Waals surface area contributed by atoms with Crippen molar-refractivity contribution in [1.29, 1.82) is 0 Å². The van der Waals surface area contributed by atoms with Crippen LogP contribution < -0.4 is 14.9 Å².